The number of aromatic nitrogens is 1. The topological polar surface area (TPSA) is 34.6 Å². The summed E-state index contributed by atoms with van der Waals surface area (Å²) in [5, 5.41) is 1.51. The summed E-state index contributed by atoms with van der Waals surface area (Å²) in [5.41, 5.74) is 2.93. The predicted molar refractivity (Wildman–Crippen MR) is 126 cm³/mol. The van der Waals surface area contributed by atoms with Crippen LogP contribution >= 0.6 is 22.9 Å². The third-order valence-electron chi connectivity index (χ3n) is 4.77. The van der Waals surface area contributed by atoms with Crippen molar-refractivity contribution in [3.05, 3.63) is 64.0 Å². The van der Waals surface area contributed by atoms with E-state index in [1.807, 2.05) is 43.3 Å². The molecule has 0 aliphatic rings. The van der Waals surface area contributed by atoms with E-state index < -0.39 is 0 Å². The van der Waals surface area contributed by atoms with Gasteiger partial charge in [-0.05, 0) is 37.6 Å². The highest BCUT2D eigenvalue weighted by Gasteiger charge is 2.25. The molecule has 0 aliphatic heterocycles. The molecule has 3 rings (SSSR count). The van der Waals surface area contributed by atoms with Gasteiger partial charge in [0.05, 0.1) is 37.0 Å². The van der Waals surface area contributed by atoms with Crippen LogP contribution in [0.4, 0.5) is 5.13 Å². The van der Waals surface area contributed by atoms with E-state index in [1.54, 1.807) is 25.6 Å². The third-order valence-corrected chi connectivity index (χ3v) is 6.09. The number of aryl methyl sites for hydroxylation is 1. The summed E-state index contributed by atoms with van der Waals surface area (Å²) in [7, 11) is 3.35. The maximum atomic E-state index is 6.52. The second kappa shape index (κ2) is 10.5. The molecule has 156 valence electrons. The Morgan fingerprint density at radius 3 is 2.57 bits per heavy atom. The zero-order chi connectivity index (χ0) is 21.5. The Bertz CT molecular complexity index is 1040. The van der Waals surface area contributed by atoms with Crippen LogP contribution in [0.2, 0.25) is 5.02 Å². The minimum absolute atomic E-state index is 0.00166. The minimum atomic E-state index is 0.00166. The van der Waals surface area contributed by atoms with E-state index in [-0.39, 0.29) is 6.04 Å². The Labute approximate surface area is 187 Å². The van der Waals surface area contributed by atoms with E-state index in [2.05, 4.69) is 35.8 Å². The number of hydrogen-bond acceptors (Lipinski definition) is 5. The Hall–Kier alpha value is -2.52. The van der Waals surface area contributed by atoms with Gasteiger partial charge in [0.1, 0.15) is 5.75 Å². The number of thiazole rings is 1. The van der Waals surface area contributed by atoms with Crippen molar-refractivity contribution in [2.75, 3.05) is 32.3 Å². The number of nitrogens with zero attached hydrogens (tertiary/aromatic N) is 2. The molecule has 0 fully saturated rings. The standard InChI is InChI=1S/C24H25ClN2O2S/c1-5-6-14-27(22(16-28-3)18-10-8-7-9-11-18)24-26-23(17(2)30-24)20-13-12-19(29-4)15-21(20)25/h7-13,15,22H,14,16H2,1-4H3. The zero-order valence-corrected chi connectivity index (χ0v) is 19.2. The first-order valence-corrected chi connectivity index (χ1v) is 10.8. The maximum Gasteiger partial charge on any atom is 0.187 e. The Morgan fingerprint density at radius 2 is 1.93 bits per heavy atom. The van der Waals surface area contributed by atoms with Gasteiger partial charge >= 0.3 is 0 Å². The van der Waals surface area contributed by atoms with Crippen LogP contribution in [0.15, 0.2) is 48.5 Å². The molecule has 0 radical (unpaired) electrons. The first kappa shape index (κ1) is 22.2. The van der Waals surface area contributed by atoms with Gasteiger partial charge in [-0.25, -0.2) is 4.98 Å². The van der Waals surface area contributed by atoms with Crippen molar-refractivity contribution >= 4 is 28.1 Å². The SMILES string of the molecule is CC#CCN(c1nc(-c2ccc(OC)cc2Cl)c(C)s1)C(COC)c1ccccc1. The molecule has 0 saturated carbocycles. The van der Waals surface area contributed by atoms with E-state index in [1.165, 1.54) is 0 Å². The number of ether oxygens (including phenoxy) is 2. The summed E-state index contributed by atoms with van der Waals surface area (Å²) in [5.74, 6) is 6.92. The molecule has 0 amide bonds. The molecule has 6 heteroatoms. The Balaban J connectivity index is 2.04. The molecule has 0 aliphatic carbocycles. The van der Waals surface area contributed by atoms with Gasteiger partial charge in [-0.15, -0.1) is 17.3 Å². The van der Waals surface area contributed by atoms with Crippen molar-refractivity contribution in [3.8, 4) is 28.8 Å². The van der Waals surface area contributed by atoms with Crippen LogP contribution in [-0.2, 0) is 4.74 Å². The Morgan fingerprint density at radius 1 is 1.17 bits per heavy atom. The quantitative estimate of drug-likeness (QED) is 0.402. The molecule has 1 atom stereocenters. The largest absolute Gasteiger partial charge is 0.497 e. The normalized spacial score (nSPS) is 11.5. The molecule has 30 heavy (non-hydrogen) atoms. The van der Waals surface area contributed by atoms with E-state index in [0.717, 1.165) is 32.6 Å². The number of anilines is 1. The van der Waals surface area contributed by atoms with Crippen LogP contribution < -0.4 is 9.64 Å². The average molecular weight is 441 g/mol. The van der Waals surface area contributed by atoms with E-state index in [0.29, 0.717) is 18.2 Å². The predicted octanol–water partition coefficient (Wildman–Crippen LogP) is 6.00. The summed E-state index contributed by atoms with van der Waals surface area (Å²) >= 11 is 8.16. The van der Waals surface area contributed by atoms with Crippen LogP contribution in [-0.4, -0.2) is 32.4 Å². The maximum absolute atomic E-state index is 6.52. The summed E-state index contributed by atoms with van der Waals surface area (Å²) in [4.78, 5) is 8.27. The van der Waals surface area contributed by atoms with Crippen molar-refractivity contribution in [1.29, 1.82) is 0 Å². The molecule has 0 spiro atoms. The molecule has 4 nitrogen and oxygen atoms in total. The fourth-order valence-corrected chi connectivity index (χ4v) is 4.48. The number of hydrogen-bond donors (Lipinski definition) is 0. The average Bonchev–Trinajstić information content (AvgIpc) is 3.14. The van der Waals surface area contributed by atoms with Gasteiger partial charge in [0, 0.05) is 17.6 Å². The van der Waals surface area contributed by atoms with Gasteiger partial charge < -0.3 is 14.4 Å². The highest BCUT2D eigenvalue weighted by molar-refractivity contribution is 7.16. The smallest absolute Gasteiger partial charge is 0.187 e. The van der Waals surface area contributed by atoms with Gasteiger partial charge in [-0.3, -0.25) is 0 Å². The molecule has 1 unspecified atom stereocenters. The first-order chi connectivity index (χ1) is 14.6. The fourth-order valence-electron chi connectivity index (χ4n) is 3.24. The summed E-state index contributed by atoms with van der Waals surface area (Å²) in [6.07, 6.45) is 0. The van der Waals surface area contributed by atoms with Gasteiger partial charge in [-0.1, -0.05) is 47.9 Å². The molecular weight excluding hydrogens is 416 g/mol. The molecule has 2 aromatic carbocycles. The van der Waals surface area contributed by atoms with Crippen LogP contribution in [0.5, 0.6) is 5.75 Å². The molecule has 3 aromatic rings. The molecule has 0 saturated heterocycles. The lowest BCUT2D eigenvalue weighted by Gasteiger charge is -2.30. The van der Waals surface area contributed by atoms with Crippen LogP contribution in [0, 0.1) is 18.8 Å². The van der Waals surface area contributed by atoms with Gasteiger partial charge in [0.15, 0.2) is 5.13 Å². The number of halogens is 1. The summed E-state index contributed by atoms with van der Waals surface area (Å²) < 4.78 is 10.8. The lowest BCUT2D eigenvalue weighted by Crippen LogP contribution is -2.32. The van der Waals surface area contributed by atoms with Crippen LogP contribution in [0.25, 0.3) is 11.3 Å². The lowest BCUT2D eigenvalue weighted by atomic mass is 10.1. The minimum Gasteiger partial charge on any atom is -0.497 e. The third kappa shape index (κ3) is 4.96. The molecule has 1 heterocycles. The second-order valence-electron chi connectivity index (χ2n) is 6.68. The molecule has 1 aromatic heterocycles. The summed E-state index contributed by atoms with van der Waals surface area (Å²) in [6, 6.07) is 16.0. The highest BCUT2D eigenvalue weighted by atomic mass is 35.5. The van der Waals surface area contributed by atoms with Crippen LogP contribution in [0.1, 0.15) is 23.4 Å². The van der Waals surface area contributed by atoms with Gasteiger partial charge in [-0.2, -0.15) is 0 Å². The number of rotatable bonds is 8. The van der Waals surface area contributed by atoms with E-state index >= 15 is 0 Å². The van der Waals surface area contributed by atoms with E-state index in [4.69, 9.17) is 26.1 Å². The fraction of sp³-hybridized carbons (Fsp3) is 0.292. The van der Waals surface area contributed by atoms with E-state index in [9.17, 15) is 0 Å². The molecular formula is C24H25ClN2O2S. The Kier molecular flexibility index (Phi) is 7.75. The molecule has 0 bridgehead atoms. The van der Waals surface area contributed by atoms with Crippen molar-refractivity contribution in [2.45, 2.75) is 19.9 Å². The van der Waals surface area contributed by atoms with Crippen molar-refractivity contribution in [3.63, 3.8) is 0 Å². The van der Waals surface area contributed by atoms with Crippen molar-refractivity contribution < 1.29 is 9.47 Å². The van der Waals surface area contributed by atoms with Gasteiger partial charge in [0.25, 0.3) is 0 Å². The van der Waals surface area contributed by atoms with Crippen molar-refractivity contribution in [2.24, 2.45) is 0 Å². The summed E-state index contributed by atoms with van der Waals surface area (Å²) in [6.45, 7) is 5.01. The van der Waals surface area contributed by atoms with Crippen LogP contribution in [0.3, 0.4) is 0 Å². The highest BCUT2D eigenvalue weighted by Crippen LogP contribution is 2.39. The number of benzene rings is 2. The van der Waals surface area contributed by atoms with Crippen molar-refractivity contribution in [1.82, 2.24) is 4.98 Å². The number of methoxy groups -OCH3 is 2. The van der Waals surface area contributed by atoms with Gasteiger partial charge in [0.2, 0.25) is 0 Å². The lowest BCUT2D eigenvalue weighted by molar-refractivity contribution is 0.178. The first-order valence-electron chi connectivity index (χ1n) is 9.60. The monoisotopic (exact) mass is 440 g/mol. The molecule has 0 N–H and O–H groups in total. The second-order valence-corrected chi connectivity index (χ2v) is 8.27. The zero-order valence-electron chi connectivity index (χ0n) is 17.6.